The third-order valence-electron chi connectivity index (χ3n) is 2.97. The van der Waals surface area contributed by atoms with Gasteiger partial charge in [-0.25, -0.2) is 0 Å². The van der Waals surface area contributed by atoms with E-state index in [4.69, 9.17) is 0 Å². The molecule has 0 spiro atoms. The van der Waals surface area contributed by atoms with Crippen molar-refractivity contribution in [2.75, 3.05) is 6.54 Å². The Morgan fingerprint density at radius 2 is 2.53 bits per heavy atom. The van der Waals surface area contributed by atoms with E-state index in [-0.39, 0.29) is 5.82 Å². The van der Waals surface area contributed by atoms with Crippen LogP contribution in [0, 0.1) is 10.1 Å². The number of nitrogens with one attached hydrogen (secondary N) is 1. The molecular weight excluding hydrogens is 288 g/mol. The molecule has 0 amide bonds. The van der Waals surface area contributed by atoms with Crippen LogP contribution in [0.4, 0.5) is 5.82 Å². The van der Waals surface area contributed by atoms with Crippen molar-refractivity contribution in [3.8, 4) is 0 Å². The lowest BCUT2D eigenvalue weighted by Gasteiger charge is -2.08. The number of aromatic nitrogens is 2. The molecule has 1 aliphatic rings. The largest absolute Gasteiger partial charge is 0.404 e. The molecule has 1 saturated heterocycles. The third kappa shape index (κ3) is 3.26. The zero-order chi connectivity index (χ0) is 12.3. The van der Waals surface area contributed by atoms with Gasteiger partial charge in [-0.15, -0.1) is 0 Å². The van der Waals surface area contributed by atoms with Crippen molar-refractivity contribution in [3.05, 3.63) is 20.8 Å². The van der Waals surface area contributed by atoms with E-state index in [1.165, 1.54) is 12.8 Å². The number of rotatable bonds is 5. The summed E-state index contributed by atoms with van der Waals surface area (Å²) in [6.07, 6.45) is 6.25. The van der Waals surface area contributed by atoms with Crippen LogP contribution in [0.15, 0.2) is 10.7 Å². The van der Waals surface area contributed by atoms with E-state index in [2.05, 4.69) is 26.3 Å². The first kappa shape index (κ1) is 12.5. The summed E-state index contributed by atoms with van der Waals surface area (Å²) in [5.41, 5.74) is 0. The lowest BCUT2D eigenvalue weighted by Crippen LogP contribution is -2.21. The minimum Gasteiger partial charge on any atom is -0.358 e. The number of hydrogen-bond acceptors (Lipinski definition) is 4. The second-order valence-corrected chi connectivity index (χ2v) is 5.11. The Morgan fingerprint density at radius 3 is 3.12 bits per heavy atom. The fourth-order valence-electron chi connectivity index (χ4n) is 2.13. The molecule has 1 fully saturated rings. The molecule has 17 heavy (non-hydrogen) atoms. The highest BCUT2D eigenvalue weighted by Gasteiger charge is 2.19. The van der Waals surface area contributed by atoms with E-state index in [0.29, 0.717) is 10.5 Å². The SMILES string of the molecule is O=[N+]([O-])c1nn(CCCC2CCCN2)cc1Br. The minimum atomic E-state index is -0.473. The lowest BCUT2D eigenvalue weighted by molar-refractivity contribution is -0.390. The van der Waals surface area contributed by atoms with E-state index >= 15 is 0 Å². The lowest BCUT2D eigenvalue weighted by atomic mass is 10.1. The summed E-state index contributed by atoms with van der Waals surface area (Å²) in [5.74, 6) is -0.107. The van der Waals surface area contributed by atoms with Crippen LogP contribution in [-0.2, 0) is 6.54 Å². The van der Waals surface area contributed by atoms with Crippen LogP contribution >= 0.6 is 15.9 Å². The Hall–Kier alpha value is -0.950. The topological polar surface area (TPSA) is 73.0 Å². The van der Waals surface area contributed by atoms with Gasteiger partial charge in [0.1, 0.15) is 4.47 Å². The van der Waals surface area contributed by atoms with Crippen LogP contribution in [0.25, 0.3) is 0 Å². The molecule has 1 N–H and O–H groups in total. The molecule has 0 aromatic carbocycles. The Kier molecular flexibility index (Phi) is 4.11. The Labute approximate surface area is 108 Å². The summed E-state index contributed by atoms with van der Waals surface area (Å²) in [6.45, 7) is 1.84. The third-order valence-corrected chi connectivity index (χ3v) is 3.53. The number of hydrogen-bond donors (Lipinski definition) is 1. The molecule has 0 aliphatic carbocycles. The fraction of sp³-hybridized carbons (Fsp3) is 0.700. The first-order valence-electron chi connectivity index (χ1n) is 5.77. The number of halogens is 1. The van der Waals surface area contributed by atoms with E-state index in [1.807, 2.05) is 0 Å². The summed E-state index contributed by atoms with van der Waals surface area (Å²) >= 11 is 3.14. The Balaban J connectivity index is 1.82. The average Bonchev–Trinajstić information content (AvgIpc) is 2.88. The first-order chi connectivity index (χ1) is 8.16. The molecule has 0 saturated carbocycles. The molecule has 1 atom stereocenters. The standard InChI is InChI=1S/C10H15BrN4O2/c11-9-7-14(13-10(9)15(16)17)6-2-4-8-3-1-5-12-8/h7-8,12H,1-6H2. The van der Waals surface area contributed by atoms with Gasteiger partial charge in [0.2, 0.25) is 0 Å². The van der Waals surface area contributed by atoms with E-state index in [0.717, 1.165) is 25.9 Å². The van der Waals surface area contributed by atoms with Gasteiger partial charge < -0.3 is 15.4 Å². The molecule has 0 bridgehead atoms. The molecule has 1 aromatic heterocycles. The number of nitro groups is 1. The van der Waals surface area contributed by atoms with Crippen LogP contribution < -0.4 is 5.32 Å². The van der Waals surface area contributed by atoms with Crippen molar-refractivity contribution in [2.24, 2.45) is 0 Å². The Bertz CT molecular complexity index is 401. The van der Waals surface area contributed by atoms with Gasteiger partial charge in [0.25, 0.3) is 0 Å². The molecule has 2 heterocycles. The van der Waals surface area contributed by atoms with Crippen LogP contribution in [0.2, 0.25) is 0 Å². The number of nitrogens with zero attached hydrogens (tertiary/aromatic N) is 3. The summed E-state index contributed by atoms with van der Waals surface area (Å²) in [5, 5.41) is 18.0. The van der Waals surface area contributed by atoms with E-state index in [1.54, 1.807) is 10.9 Å². The molecule has 0 radical (unpaired) electrons. The van der Waals surface area contributed by atoms with Crippen molar-refractivity contribution >= 4 is 21.7 Å². The number of aryl methyl sites for hydroxylation is 1. The molecule has 2 rings (SSSR count). The predicted octanol–water partition coefficient (Wildman–Crippen LogP) is 2.09. The maximum absolute atomic E-state index is 10.6. The first-order valence-corrected chi connectivity index (χ1v) is 6.57. The van der Waals surface area contributed by atoms with Gasteiger partial charge in [-0.2, -0.15) is 4.68 Å². The van der Waals surface area contributed by atoms with Gasteiger partial charge in [-0.3, -0.25) is 0 Å². The van der Waals surface area contributed by atoms with E-state index < -0.39 is 4.92 Å². The maximum Gasteiger partial charge on any atom is 0.404 e. The maximum atomic E-state index is 10.6. The predicted molar refractivity (Wildman–Crippen MR) is 66.8 cm³/mol. The summed E-state index contributed by atoms with van der Waals surface area (Å²) < 4.78 is 2.08. The molecular formula is C10H15BrN4O2. The highest BCUT2D eigenvalue weighted by molar-refractivity contribution is 9.10. The smallest absolute Gasteiger partial charge is 0.358 e. The highest BCUT2D eigenvalue weighted by Crippen LogP contribution is 2.22. The van der Waals surface area contributed by atoms with Crippen LogP contribution in [0.3, 0.4) is 0 Å². The van der Waals surface area contributed by atoms with Gasteiger partial charge in [-0.05, 0) is 53.1 Å². The normalized spacial score (nSPS) is 19.7. The van der Waals surface area contributed by atoms with Crippen LogP contribution in [-0.4, -0.2) is 27.3 Å². The summed E-state index contributed by atoms with van der Waals surface area (Å²) in [7, 11) is 0. The average molecular weight is 303 g/mol. The summed E-state index contributed by atoms with van der Waals surface area (Å²) in [6, 6.07) is 0.615. The van der Waals surface area contributed by atoms with Crippen LogP contribution in [0.1, 0.15) is 25.7 Å². The zero-order valence-corrected chi connectivity index (χ0v) is 11.0. The second-order valence-electron chi connectivity index (χ2n) is 4.26. The van der Waals surface area contributed by atoms with E-state index in [9.17, 15) is 10.1 Å². The molecule has 7 heteroatoms. The van der Waals surface area contributed by atoms with Crippen molar-refractivity contribution in [3.63, 3.8) is 0 Å². The highest BCUT2D eigenvalue weighted by atomic mass is 79.9. The minimum absolute atomic E-state index is 0.107. The van der Waals surface area contributed by atoms with Gasteiger partial charge in [0, 0.05) is 6.04 Å². The quantitative estimate of drug-likeness (QED) is 0.667. The van der Waals surface area contributed by atoms with Crippen molar-refractivity contribution in [2.45, 2.75) is 38.3 Å². The van der Waals surface area contributed by atoms with Gasteiger partial charge >= 0.3 is 5.82 Å². The Morgan fingerprint density at radius 1 is 1.71 bits per heavy atom. The van der Waals surface area contributed by atoms with Gasteiger partial charge in [0.15, 0.2) is 0 Å². The van der Waals surface area contributed by atoms with Crippen molar-refractivity contribution < 1.29 is 4.92 Å². The van der Waals surface area contributed by atoms with Crippen LogP contribution in [0.5, 0.6) is 0 Å². The fourth-order valence-corrected chi connectivity index (χ4v) is 2.59. The second kappa shape index (κ2) is 5.59. The molecule has 1 aromatic rings. The monoisotopic (exact) mass is 302 g/mol. The van der Waals surface area contributed by atoms with Crippen molar-refractivity contribution in [1.29, 1.82) is 0 Å². The zero-order valence-electron chi connectivity index (χ0n) is 9.43. The molecule has 1 aliphatic heterocycles. The van der Waals surface area contributed by atoms with Crippen molar-refractivity contribution in [1.82, 2.24) is 15.1 Å². The van der Waals surface area contributed by atoms with Gasteiger partial charge in [0.05, 0.1) is 17.8 Å². The molecule has 1 unspecified atom stereocenters. The summed E-state index contributed by atoms with van der Waals surface area (Å²) in [4.78, 5) is 10.1. The molecule has 6 nitrogen and oxygen atoms in total. The van der Waals surface area contributed by atoms with Gasteiger partial charge in [-0.1, -0.05) is 0 Å². The molecule has 94 valence electrons.